The second-order valence-electron chi connectivity index (χ2n) is 8.25. The Kier molecular flexibility index (Phi) is 29.6. The number of Topliss-reactive ketones (excluding diaryl/α,β-unsaturated/α-hetero) is 1. The topological polar surface area (TPSA) is 49.4 Å². The summed E-state index contributed by atoms with van der Waals surface area (Å²) in [6.45, 7) is 27.0. The molecule has 0 saturated heterocycles. The number of carbonyl (C=O) groups excluding carboxylic acids is 2. The zero-order chi connectivity index (χ0) is 24.9. The third-order valence-corrected chi connectivity index (χ3v) is 4.57. The molecule has 0 radical (unpaired) electrons. The number of amides is 1. The smallest absolute Gasteiger partial charge is 0.238 e. The molecular weight excluding hydrogens is 372 g/mol. The lowest BCUT2D eigenvalue weighted by atomic mass is 9.97. The van der Waals surface area contributed by atoms with E-state index in [1.54, 1.807) is 6.92 Å². The first-order valence-electron chi connectivity index (χ1n) is 12.6. The predicted octanol–water partition coefficient (Wildman–Crippen LogP) is 6.97. The molecule has 0 rings (SSSR count). The molecule has 0 aromatic carbocycles. The Labute approximate surface area is 191 Å². The van der Waals surface area contributed by atoms with Crippen molar-refractivity contribution in [3.8, 4) is 0 Å². The average Bonchev–Trinajstić information content (AvgIpc) is 2.69. The van der Waals surface area contributed by atoms with Gasteiger partial charge in [0.2, 0.25) is 5.91 Å². The standard InChI is InChI=1S/C20H40N2O2.3C2H6/c1-14(2)12-10-9-11-13-22(8)19(16(5)6)20(24)21-18(15(3)4)17(7)23;3*1-2/h14-16,18-19H,9-13H2,1-8H3,(H,21,24);3*1-2H3/t18-,19?;;;/m0.../s1. The summed E-state index contributed by atoms with van der Waals surface area (Å²) in [4.78, 5) is 26.6. The maximum atomic E-state index is 12.7. The van der Waals surface area contributed by atoms with Crippen LogP contribution in [0.4, 0.5) is 0 Å². The Morgan fingerprint density at radius 3 is 1.57 bits per heavy atom. The van der Waals surface area contributed by atoms with Gasteiger partial charge < -0.3 is 5.32 Å². The summed E-state index contributed by atoms with van der Waals surface area (Å²) in [6, 6.07) is -0.575. The van der Waals surface area contributed by atoms with Crippen molar-refractivity contribution in [2.75, 3.05) is 13.6 Å². The minimum absolute atomic E-state index is 0.0245. The number of hydrogen-bond donors (Lipinski definition) is 1. The average molecular weight is 431 g/mol. The van der Waals surface area contributed by atoms with Gasteiger partial charge in [0.25, 0.3) is 0 Å². The van der Waals surface area contributed by atoms with E-state index < -0.39 is 6.04 Å². The van der Waals surface area contributed by atoms with Gasteiger partial charge >= 0.3 is 0 Å². The van der Waals surface area contributed by atoms with Crippen LogP contribution in [-0.2, 0) is 9.59 Å². The van der Waals surface area contributed by atoms with E-state index in [4.69, 9.17) is 0 Å². The quantitative estimate of drug-likeness (QED) is 0.340. The Morgan fingerprint density at radius 1 is 0.767 bits per heavy atom. The van der Waals surface area contributed by atoms with Crippen LogP contribution in [0.2, 0.25) is 0 Å². The Bertz CT molecular complexity index is 379. The van der Waals surface area contributed by atoms with Gasteiger partial charge in [-0.05, 0) is 44.7 Å². The lowest BCUT2D eigenvalue weighted by molar-refractivity contribution is -0.132. The number of hydrogen-bond acceptors (Lipinski definition) is 3. The van der Waals surface area contributed by atoms with Crippen LogP contribution >= 0.6 is 0 Å². The van der Waals surface area contributed by atoms with Crippen LogP contribution in [0.15, 0.2) is 0 Å². The summed E-state index contributed by atoms with van der Waals surface area (Å²) in [6.07, 6.45) is 4.84. The largest absolute Gasteiger partial charge is 0.345 e. The van der Waals surface area contributed by atoms with Gasteiger partial charge in [-0.2, -0.15) is 0 Å². The zero-order valence-electron chi connectivity index (χ0n) is 23.2. The van der Waals surface area contributed by atoms with Crippen LogP contribution in [0.1, 0.15) is 116 Å². The number of unbranched alkanes of at least 4 members (excludes halogenated alkanes) is 2. The molecule has 0 bridgehead atoms. The number of nitrogens with one attached hydrogen (secondary N) is 1. The van der Waals surface area contributed by atoms with Crippen LogP contribution in [-0.4, -0.2) is 42.3 Å². The monoisotopic (exact) mass is 430 g/mol. The molecule has 0 aliphatic rings. The third-order valence-electron chi connectivity index (χ3n) is 4.57. The van der Waals surface area contributed by atoms with Crippen molar-refractivity contribution >= 4 is 11.7 Å². The van der Waals surface area contributed by atoms with E-state index in [1.807, 2.05) is 62.4 Å². The summed E-state index contributed by atoms with van der Waals surface area (Å²) in [7, 11) is 2.02. The van der Waals surface area contributed by atoms with Gasteiger partial charge in [0.05, 0.1) is 12.1 Å². The molecule has 1 amide bonds. The van der Waals surface area contributed by atoms with E-state index in [2.05, 4.69) is 37.9 Å². The number of rotatable bonds is 12. The molecule has 2 atom stereocenters. The van der Waals surface area contributed by atoms with E-state index in [-0.39, 0.29) is 29.6 Å². The molecule has 0 fully saturated rings. The highest BCUT2D eigenvalue weighted by Crippen LogP contribution is 2.14. The van der Waals surface area contributed by atoms with Crippen molar-refractivity contribution in [1.82, 2.24) is 10.2 Å². The fourth-order valence-electron chi connectivity index (χ4n) is 3.22. The first-order chi connectivity index (χ1) is 14.1. The van der Waals surface area contributed by atoms with Crippen LogP contribution < -0.4 is 5.32 Å². The van der Waals surface area contributed by atoms with Crippen molar-refractivity contribution in [1.29, 1.82) is 0 Å². The highest BCUT2D eigenvalue weighted by molar-refractivity contribution is 5.89. The molecule has 184 valence electrons. The molecular formula is C26H58N2O2. The van der Waals surface area contributed by atoms with E-state index in [0.717, 1.165) is 18.9 Å². The molecule has 1 unspecified atom stereocenters. The van der Waals surface area contributed by atoms with Gasteiger partial charge in [-0.25, -0.2) is 0 Å². The van der Waals surface area contributed by atoms with E-state index in [0.29, 0.717) is 0 Å². The summed E-state index contributed by atoms with van der Waals surface area (Å²) in [5, 5.41) is 2.96. The number of ketones is 1. The maximum Gasteiger partial charge on any atom is 0.238 e. The van der Waals surface area contributed by atoms with E-state index in [1.165, 1.54) is 19.3 Å². The normalized spacial score (nSPS) is 12.2. The maximum absolute atomic E-state index is 12.7. The third kappa shape index (κ3) is 19.1. The molecule has 0 aliphatic carbocycles. The SMILES string of the molecule is CC.CC.CC.CC(=O)[C@@H](NC(=O)C(C(C)C)N(C)CCCCCC(C)C)C(C)C. The van der Waals surface area contributed by atoms with Gasteiger partial charge in [0.1, 0.15) is 0 Å². The molecule has 0 spiro atoms. The second-order valence-corrected chi connectivity index (χ2v) is 8.25. The fraction of sp³-hybridized carbons (Fsp3) is 0.923. The van der Waals surface area contributed by atoms with Gasteiger partial charge in [-0.1, -0.05) is 102 Å². The van der Waals surface area contributed by atoms with E-state index in [9.17, 15) is 9.59 Å². The molecule has 0 aliphatic heterocycles. The lowest BCUT2D eigenvalue weighted by Crippen LogP contribution is -2.53. The van der Waals surface area contributed by atoms with Crippen LogP contribution in [0.25, 0.3) is 0 Å². The highest BCUT2D eigenvalue weighted by Gasteiger charge is 2.30. The molecule has 4 nitrogen and oxygen atoms in total. The molecule has 0 heterocycles. The first kappa shape index (κ1) is 36.5. The lowest BCUT2D eigenvalue weighted by Gasteiger charge is -2.32. The molecule has 1 N–H and O–H groups in total. The molecule has 0 aromatic heterocycles. The van der Waals surface area contributed by atoms with Crippen molar-refractivity contribution < 1.29 is 9.59 Å². The Morgan fingerprint density at radius 2 is 1.23 bits per heavy atom. The number of likely N-dealkylation sites (N-methyl/N-ethyl adjacent to an activating group) is 1. The molecule has 0 aromatic rings. The summed E-state index contributed by atoms with van der Waals surface area (Å²) >= 11 is 0. The second kappa shape index (κ2) is 24.4. The van der Waals surface area contributed by atoms with Crippen molar-refractivity contribution in [3.63, 3.8) is 0 Å². The van der Waals surface area contributed by atoms with E-state index >= 15 is 0 Å². The van der Waals surface area contributed by atoms with Gasteiger partial charge in [-0.3, -0.25) is 14.5 Å². The summed E-state index contributed by atoms with van der Waals surface area (Å²) in [5.74, 6) is 1.09. The Hall–Kier alpha value is -0.900. The van der Waals surface area contributed by atoms with Crippen LogP contribution in [0, 0.1) is 17.8 Å². The summed E-state index contributed by atoms with van der Waals surface area (Å²) in [5.41, 5.74) is 0. The molecule has 0 saturated carbocycles. The van der Waals surface area contributed by atoms with Crippen molar-refractivity contribution in [3.05, 3.63) is 0 Å². The number of carbonyl (C=O) groups is 2. The number of nitrogens with zero attached hydrogens (tertiary/aromatic N) is 1. The fourth-order valence-corrected chi connectivity index (χ4v) is 3.22. The minimum Gasteiger partial charge on any atom is -0.345 e. The van der Waals surface area contributed by atoms with Crippen molar-refractivity contribution in [2.45, 2.75) is 128 Å². The molecule has 30 heavy (non-hydrogen) atoms. The van der Waals surface area contributed by atoms with Crippen molar-refractivity contribution in [2.24, 2.45) is 17.8 Å². The molecule has 4 heteroatoms. The van der Waals surface area contributed by atoms with Crippen LogP contribution in [0.3, 0.4) is 0 Å². The zero-order valence-corrected chi connectivity index (χ0v) is 23.2. The van der Waals surface area contributed by atoms with Gasteiger partial charge in [0.15, 0.2) is 5.78 Å². The van der Waals surface area contributed by atoms with Gasteiger partial charge in [-0.15, -0.1) is 0 Å². The van der Waals surface area contributed by atoms with Crippen LogP contribution in [0.5, 0.6) is 0 Å². The predicted molar refractivity (Wildman–Crippen MR) is 136 cm³/mol. The minimum atomic E-state index is -0.391. The summed E-state index contributed by atoms with van der Waals surface area (Å²) < 4.78 is 0. The first-order valence-corrected chi connectivity index (χ1v) is 12.6. The Balaban J connectivity index is -0.000000512. The van der Waals surface area contributed by atoms with Gasteiger partial charge in [0, 0.05) is 0 Å². The highest BCUT2D eigenvalue weighted by atomic mass is 16.2.